The van der Waals surface area contributed by atoms with Gasteiger partial charge in [-0.25, -0.2) is 0 Å². The van der Waals surface area contributed by atoms with Gasteiger partial charge in [-0.05, 0) is 24.5 Å². The third-order valence-electron chi connectivity index (χ3n) is 3.32. The van der Waals surface area contributed by atoms with Gasteiger partial charge < -0.3 is 10.6 Å². The zero-order valence-electron chi connectivity index (χ0n) is 12.2. The summed E-state index contributed by atoms with van der Waals surface area (Å²) in [7, 11) is 0. The van der Waals surface area contributed by atoms with E-state index in [1.165, 1.54) is 0 Å². The Bertz CT molecular complexity index is 596. The maximum absolute atomic E-state index is 11.6. The van der Waals surface area contributed by atoms with Crippen LogP contribution in [0, 0.1) is 17.5 Å². The van der Waals surface area contributed by atoms with Crippen molar-refractivity contribution in [2.24, 2.45) is 5.92 Å². The number of hydrogen-bond acceptors (Lipinski definition) is 3. The Morgan fingerprint density at radius 3 is 2.81 bits per heavy atom. The maximum atomic E-state index is 11.6. The number of benzene rings is 1. The van der Waals surface area contributed by atoms with Crippen molar-refractivity contribution in [3.05, 3.63) is 35.0 Å². The predicted octanol–water partition coefficient (Wildman–Crippen LogP) is 3.29. The van der Waals surface area contributed by atoms with E-state index in [2.05, 4.69) is 17.6 Å². The summed E-state index contributed by atoms with van der Waals surface area (Å²) in [6, 6.07) is 5.33. The lowest BCUT2D eigenvalue weighted by Crippen LogP contribution is -2.16. The molecule has 0 saturated heterocycles. The molecule has 2 rings (SSSR count). The summed E-state index contributed by atoms with van der Waals surface area (Å²) in [6.45, 7) is 3.84. The molecule has 1 atom stereocenters. The van der Waals surface area contributed by atoms with Crippen molar-refractivity contribution in [3.63, 3.8) is 0 Å². The molecular formula is C16H19ClN2O2+. The Balaban J connectivity index is 2.15. The fourth-order valence-electron chi connectivity index (χ4n) is 2.31. The number of carbonyl (C=O) groups excluding carboxylic acids is 2. The van der Waals surface area contributed by atoms with E-state index in [0.717, 1.165) is 17.8 Å². The number of allylic oxidation sites excluding steroid dienone is 2. The highest BCUT2D eigenvalue weighted by molar-refractivity contribution is 5.93. The largest absolute Gasteiger partial charge is 0.525 e. The fraction of sp³-hybridized carbons (Fsp3) is 0.375. The van der Waals surface area contributed by atoms with Gasteiger partial charge >= 0.3 is 16.6 Å². The fourth-order valence-corrected chi connectivity index (χ4v) is 2.48. The average Bonchev–Trinajstić information content (AvgIpc) is 2.41. The molecule has 1 aromatic rings. The van der Waals surface area contributed by atoms with Crippen molar-refractivity contribution >= 4 is 23.1 Å². The molecule has 21 heavy (non-hydrogen) atoms. The first-order valence-corrected chi connectivity index (χ1v) is 7.45. The molecule has 0 saturated carbocycles. The molecule has 0 fully saturated rings. The number of ketones is 1. The summed E-state index contributed by atoms with van der Waals surface area (Å²) in [5.41, 5.74) is 2.28. The zero-order valence-corrected chi connectivity index (χ0v) is 13.0. The molecule has 5 heteroatoms. The second-order valence-corrected chi connectivity index (χ2v) is 5.78. The molecule has 1 aromatic carbocycles. The van der Waals surface area contributed by atoms with Crippen LogP contribution in [0.5, 0.6) is 0 Å². The second-order valence-electron chi connectivity index (χ2n) is 5.37. The van der Waals surface area contributed by atoms with E-state index in [1.54, 1.807) is 25.1 Å². The molecule has 0 bridgehead atoms. The van der Waals surface area contributed by atoms with Crippen LogP contribution in [-0.2, 0) is 9.59 Å². The highest BCUT2D eigenvalue weighted by Crippen LogP contribution is 2.26. The molecule has 1 aliphatic carbocycles. The van der Waals surface area contributed by atoms with Crippen LogP contribution in [0.2, 0.25) is 5.02 Å². The van der Waals surface area contributed by atoms with Gasteiger partial charge in [0.15, 0.2) is 5.78 Å². The number of amides is 1. The van der Waals surface area contributed by atoms with Gasteiger partial charge in [0.25, 0.3) is 0 Å². The molecule has 1 unspecified atom stereocenters. The molecule has 1 aliphatic rings. The molecule has 4 nitrogen and oxygen atoms in total. The number of hydrogen-bond donors (Lipinski definition) is 2. The molecule has 111 valence electrons. The quantitative estimate of drug-likeness (QED) is 0.897. The molecule has 1 radical (unpaired) electrons. The van der Waals surface area contributed by atoms with Gasteiger partial charge in [0.2, 0.25) is 5.91 Å². The van der Waals surface area contributed by atoms with E-state index in [4.69, 9.17) is 11.6 Å². The van der Waals surface area contributed by atoms with Crippen molar-refractivity contribution < 1.29 is 21.2 Å². The third-order valence-corrected chi connectivity index (χ3v) is 3.65. The van der Waals surface area contributed by atoms with E-state index < -0.39 is 0 Å². The summed E-state index contributed by atoms with van der Waals surface area (Å²) >= 11 is 6.08. The van der Waals surface area contributed by atoms with Crippen molar-refractivity contribution in [1.29, 1.82) is 0 Å². The van der Waals surface area contributed by atoms with Crippen molar-refractivity contribution in [2.75, 3.05) is 10.6 Å². The van der Waals surface area contributed by atoms with Crippen LogP contribution in [0.4, 0.5) is 11.4 Å². The summed E-state index contributed by atoms with van der Waals surface area (Å²) in [5, 5.41) is 6.48. The predicted molar refractivity (Wildman–Crippen MR) is 79.6 cm³/mol. The molecule has 2 N–H and O–H groups in total. The molecule has 0 heterocycles. The number of rotatable bonds is 4. The zero-order chi connectivity index (χ0) is 15.4. The van der Waals surface area contributed by atoms with Gasteiger partial charge in [-0.15, -0.1) is 0 Å². The van der Waals surface area contributed by atoms with Crippen LogP contribution in [0.25, 0.3) is 0 Å². The van der Waals surface area contributed by atoms with Gasteiger partial charge in [0.1, 0.15) is 5.69 Å². The van der Waals surface area contributed by atoms with Gasteiger partial charge in [0, 0.05) is 36.4 Å². The maximum Gasteiger partial charge on any atom is 0.525 e. The highest BCUT2D eigenvalue weighted by Gasteiger charge is 2.19. The summed E-state index contributed by atoms with van der Waals surface area (Å²) in [5.74, 6) is 0.399. The minimum absolute atomic E-state index is 0.0882. The minimum atomic E-state index is -0.0882. The van der Waals surface area contributed by atoms with Crippen LogP contribution >= 0.6 is 0 Å². The normalized spacial score (nSPS) is 18.1. The Morgan fingerprint density at radius 2 is 2.14 bits per heavy atom. The summed E-state index contributed by atoms with van der Waals surface area (Å²) in [6.07, 6.45) is 3.48. The van der Waals surface area contributed by atoms with Crippen molar-refractivity contribution in [3.8, 4) is 0 Å². The third kappa shape index (κ3) is 4.33. The number of anilines is 2. The smallest absolute Gasteiger partial charge is 0.359 e. The first-order chi connectivity index (χ1) is 9.97. The average molecular weight is 307 g/mol. The van der Waals surface area contributed by atoms with Crippen LogP contribution in [0.1, 0.15) is 33.1 Å². The summed E-state index contributed by atoms with van der Waals surface area (Å²) in [4.78, 5) is 23.1. The van der Waals surface area contributed by atoms with Crippen molar-refractivity contribution in [2.45, 2.75) is 33.1 Å². The first kappa shape index (κ1) is 15.6. The van der Waals surface area contributed by atoms with E-state index in [1.807, 2.05) is 6.07 Å². The van der Waals surface area contributed by atoms with Gasteiger partial charge in [-0.2, -0.15) is 0 Å². The lowest BCUT2D eigenvalue weighted by molar-refractivity contribution is -0.287. The standard InChI is InChI=1S/C16H19ClN2O2/c1-3-16(21)19-15-9-11(4-5-14(15)17)18-12-6-10(2)7-13(20)8-12/h4-5,8-10,18H,3,6-7H2,1-2H3,(H,19,21)/q+1. The molecule has 0 spiro atoms. The van der Waals surface area contributed by atoms with E-state index in [0.29, 0.717) is 29.5 Å². The van der Waals surface area contributed by atoms with Crippen LogP contribution < -0.4 is 10.6 Å². The number of nitrogens with one attached hydrogen (secondary N) is 2. The number of halogens is 1. The number of carbonyl (C=O) groups is 2. The first-order valence-electron chi connectivity index (χ1n) is 7.07. The Kier molecular flexibility index (Phi) is 5.02. The van der Waals surface area contributed by atoms with Gasteiger partial charge in [-0.1, -0.05) is 13.8 Å². The van der Waals surface area contributed by atoms with E-state index in [-0.39, 0.29) is 11.7 Å². The van der Waals surface area contributed by atoms with Crippen LogP contribution in [0.15, 0.2) is 30.0 Å². The van der Waals surface area contributed by atoms with E-state index in [9.17, 15) is 9.59 Å². The van der Waals surface area contributed by atoms with Crippen LogP contribution in [0.3, 0.4) is 0 Å². The Morgan fingerprint density at radius 1 is 1.38 bits per heavy atom. The second kappa shape index (κ2) is 6.76. The van der Waals surface area contributed by atoms with E-state index >= 15 is 0 Å². The van der Waals surface area contributed by atoms with Gasteiger partial charge in [-0.3, -0.25) is 9.59 Å². The molecular weight excluding hydrogens is 288 g/mol. The monoisotopic (exact) mass is 306 g/mol. The topological polar surface area (TPSA) is 58.2 Å². The lowest BCUT2D eigenvalue weighted by Gasteiger charge is -2.19. The van der Waals surface area contributed by atoms with Crippen LogP contribution in [-0.4, -0.2) is 11.7 Å². The summed E-state index contributed by atoms with van der Waals surface area (Å²) < 4.78 is 0. The molecule has 0 aromatic heterocycles. The molecule has 1 amide bonds. The van der Waals surface area contributed by atoms with Crippen molar-refractivity contribution in [1.82, 2.24) is 0 Å². The minimum Gasteiger partial charge on any atom is -0.359 e. The SMILES string of the molecule is CCC(=O)Nc1cc(NC2=CC(=O)CC(C)C2)ccc1[Cl+]. The highest BCUT2D eigenvalue weighted by atomic mass is 35.5. The Labute approximate surface area is 129 Å². The Hall–Kier alpha value is -1.81. The molecule has 0 aliphatic heterocycles. The van der Waals surface area contributed by atoms with Gasteiger partial charge in [0.05, 0.1) is 0 Å². The lowest BCUT2D eigenvalue weighted by atomic mass is 9.93.